The molecule has 3 aromatic heterocycles. The van der Waals surface area contributed by atoms with Gasteiger partial charge in [0.15, 0.2) is 17.5 Å². The minimum absolute atomic E-state index is 0.154. The molecule has 12 heteroatoms. The fourth-order valence-corrected chi connectivity index (χ4v) is 3.96. The zero-order valence-electron chi connectivity index (χ0n) is 18.3. The van der Waals surface area contributed by atoms with E-state index in [1.807, 2.05) is 0 Å². The van der Waals surface area contributed by atoms with Gasteiger partial charge in [-0.1, -0.05) is 0 Å². The van der Waals surface area contributed by atoms with Crippen LogP contribution >= 0.6 is 0 Å². The summed E-state index contributed by atoms with van der Waals surface area (Å²) in [7, 11) is 1.77. The molecule has 178 valence electrons. The number of carbonyl (C=O) groups excluding carboxylic acids is 1. The summed E-state index contributed by atoms with van der Waals surface area (Å²) in [4.78, 5) is 24.0. The predicted octanol–water partition coefficient (Wildman–Crippen LogP) is 2.78. The fraction of sp³-hybridized carbons (Fsp3) is 0.318. The van der Waals surface area contributed by atoms with Gasteiger partial charge in [0.1, 0.15) is 23.0 Å². The van der Waals surface area contributed by atoms with Crippen LogP contribution in [0.2, 0.25) is 0 Å². The number of hydrogen-bond acceptors (Lipinski definition) is 7. The Bertz CT molecular complexity index is 1240. The molecule has 0 radical (unpaired) electrons. The fourth-order valence-electron chi connectivity index (χ4n) is 3.96. The summed E-state index contributed by atoms with van der Waals surface area (Å²) in [5.41, 5.74) is 4.84. The molecule has 0 aromatic carbocycles. The minimum atomic E-state index is -1.08. The lowest BCUT2D eigenvalue weighted by atomic mass is 9.91. The van der Waals surface area contributed by atoms with Crippen LogP contribution in [0.1, 0.15) is 47.4 Å². The molecule has 5 N–H and O–H groups in total. The maximum absolute atomic E-state index is 14.5. The Hall–Kier alpha value is -3.96. The van der Waals surface area contributed by atoms with Crippen molar-refractivity contribution in [1.29, 1.82) is 5.41 Å². The summed E-state index contributed by atoms with van der Waals surface area (Å²) in [6.45, 7) is 0. The molecule has 0 spiro atoms. The number of anilines is 2. The normalized spacial score (nSPS) is 17.9. The van der Waals surface area contributed by atoms with E-state index in [1.165, 1.54) is 6.33 Å². The molecule has 3 aromatic rings. The molecular formula is C22H23F3N8O. The van der Waals surface area contributed by atoms with Crippen molar-refractivity contribution in [3.05, 3.63) is 65.3 Å². The molecule has 9 nitrogen and oxygen atoms in total. The van der Waals surface area contributed by atoms with Crippen molar-refractivity contribution in [2.45, 2.75) is 37.8 Å². The number of rotatable bonds is 6. The molecule has 1 fully saturated rings. The third-order valence-electron chi connectivity index (χ3n) is 5.61. The average Bonchev–Trinajstić information content (AvgIpc) is 3.23. The zero-order chi connectivity index (χ0) is 24.4. The number of aryl methyl sites for hydroxylation is 1. The van der Waals surface area contributed by atoms with Gasteiger partial charge in [-0.3, -0.25) is 10.2 Å². The smallest absolute Gasteiger partial charge is 0.271 e. The molecule has 0 aliphatic heterocycles. The topological polar surface area (TPSA) is 135 Å². The van der Waals surface area contributed by atoms with Crippen molar-refractivity contribution < 1.29 is 18.0 Å². The highest BCUT2D eigenvalue weighted by Crippen LogP contribution is 2.25. The first-order chi connectivity index (χ1) is 16.2. The molecule has 0 saturated heterocycles. The van der Waals surface area contributed by atoms with Crippen LogP contribution in [-0.2, 0) is 7.05 Å². The van der Waals surface area contributed by atoms with Gasteiger partial charge in [0.2, 0.25) is 0 Å². The Kier molecular flexibility index (Phi) is 6.48. The second-order valence-corrected chi connectivity index (χ2v) is 8.21. The number of hydrogen-bond donors (Lipinski definition) is 4. The van der Waals surface area contributed by atoms with E-state index in [-0.39, 0.29) is 35.2 Å². The summed E-state index contributed by atoms with van der Waals surface area (Å²) >= 11 is 0. The van der Waals surface area contributed by atoms with Gasteiger partial charge in [-0.25, -0.2) is 28.1 Å². The minimum Gasteiger partial charge on any atom is -0.383 e. The molecule has 3 heterocycles. The van der Waals surface area contributed by atoms with Gasteiger partial charge in [-0.15, -0.1) is 0 Å². The van der Waals surface area contributed by atoms with Crippen LogP contribution in [0.25, 0.3) is 0 Å². The Labute approximate surface area is 193 Å². The van der Waals surface area contributed by atoms with Crippen LogP contribution < -0.4 is 16.4 Å². The molecule has 4 rings (SSSR count). The van der Waals surface area contributed by atoms with Gasteiger partial charge in [-0.2, -0.15) is 0 Å². The number of halogens is 3. The van der Waals surface area contributed by atoms with Crippen molar-refractivity contribution >= 4 is 23.3 Å². The van der Waals surface area contributed by atoms with Crippen LogP contribution in [0, 0.1) is 22.9 Å². The van der Waals surface area contributed by atoms with Crippen molar-refractivity contribution in [2.75, 3.05) is 11.1 Å². The van der Waals surface area contributed by atoms with E-state index in [9.17, 15) is 18.0 Å². The van der Waals surface area contributed by atoms with E-state index in [2.05, 4.69) is 25.6 Å². The number of nitrogens with one attached hydrogen (secondary N) is 3. The van der Waals surface area contributed by atoms with E-state index >= 15 is 0 Å². The predicted molar refractivity (Wildman–Crippen MR) is 119 cm³/mol. The lowest BCUT2D eigenvalue weighted by Gasteiger charge is -2.30. The van der Waals surface area contributed by atoms with E-state index in [0.717, 1.165) is 25.1 Å². The Morgan fingerprint density at radius 2 is 1.94 bits per heavy atom. The standard InChI is InChI=1S/C22H23F3N8O/c1-33-9-17(29-10-33)22(34)31-13-4-2-3-12(6-13)30-21-16(25)7-15(24)19(32-21)18(26)14-5-11(23)8-28-20(14)27/h5,7-10,12-13,26H,2-4,6H2,1H3,(H2,27,28)(H,30,32)(H,31,34). The second-order valence-electron chi connectivity index (χ2n) is 8.21. The Morgan fingerprint density at radius 1 is 1.18 bits per heavy atom. The maximum Gasteiger partial charge on any atom is 0.271 e. The first-order valence-corrected chi connectivity index (χ1v) is 10.6. The quantitative estimate of drug-likeness (QED) is 0.408. The van der Waals surface area contributed by atoms with Crippen LogP contribution in [-0.4, -0.2) is 43.2 Å². The Morgan fingerprint density at radius 3 is 2.68 bits per heavy atom. The van der Waals surface area contributed by atoms with Crippen molar-refractivity contribution in [2.24, 2.45) is 7.05 Å². The molecule has 1 aliphatic carbocycles. The van der Waals surface area contributed by atoms with Crippen molar-refractivity contribution in [3.63, 3.8) is 0 Å². The third-order valence-corrected chi connectivity index (χ3v) is 5.61. The highest BCUT2D eigenvalue weighted by Gasteiger charge is 2.26. The maximum atomic E-state index is 14.5. The first-order valence-electron chi connectivity index (χ1n) is 10.6. The zero-order valence-corrected chi connectivity index (χ0v) is 18.3. The summed E-state index contributed by atoms with van der Waals surface area (Å²) in [6.07, 6.45) is 6.71. The van der Waals surface area contributed by atoms with E-state index in [4.69, 9.17) is 11.1 Å². The van der Waals surface area contributed by atoms with E-state index in [1.54, 1.807) is 17.8 Å². The van der Waals surface area contributed by atoms with Crippen molar-refractivity contribution in [3.8, 4) is 0 Å². The highest BCUT2D eigenvalue weighted by atomic mass is 19.1. The number of carbonyl (C=O) groups is 1. The van der Waals surface area contributed by atoms with Gasteiger partial charge in [-0.05, 0) is 31.7 Å². The van der Waals surface area contributed by atoms with Crippen LogP contribution in [0.15, 0.2) is 30.9 Å². The molecule has 1 saturated carbocycles. The summed E-state index contributed by atoms with van der Waals surface area (Å²) in [5.74, 6) is -3.49. The van der Waals surface area contributed by atoms with E-state index < -0.39 is 28.9 Å². The Balaban J connectivity index is 1.49. The van der Waals surface area contributed by atoms with Crippen LogP contribution in [0.3, 0.4) is 0 Å². The summed E-state index contributed by atoms with van der Waals surface area (Å²) in [6, 6.07) is 1.14. The number of nitrogens with two attached hydrogens (primary N) is 1. The first kappa shape index (κ1) is 23.2. The molecular weight excluding hydrogens is 449 g/mol. The van der Waals surface area contributed by atoms with Gasteiger partial charge in [0.25, 0.3) is 5.91 Å². The number of nitrogen functional groups attached to an aromatic ring is 1. The third kappa shape index (κ3) is 5.00. The van der Waals surface area contributed by atoms with Gasteiger partial charge >= 0.3 is 0 Å². The van der Waals surface area contributed by atoms with Crippen LogP contribution in [0.4, 0.5) is 24.8 Å². The lowest BCUT2D eigenvalue weighted by molar-refractivity contribution is 0.0921. The molecule has 2 atom stereocenters. The molecule has 1 amide bonds. The van der Waals surface area contributed by atoms with Gasteiger partial charge in [0.05, 0.1) is 18.2 Å². The SMILES string of the molecule is Cn1cnc(C(=O)NC2CCCC(Nc3nc(C(=N)c4cc(F)cnc4N)c(F)cc3F)C2)c1. The number of aromatic nitrogens is 4. The monoisotopic (exact) mass is 472 g/mol. The van der Waals surface area contributed by atoms with E-state index in [0.29, 0.717) is 24.6 Å². The molecule has 0 bridgehead atoms. The van der Waals surface area contributed by atoms with Crippen LogP contribution in [0.5, 0.6) is 0 Å². The highest BCUT2D eigenvalue weighted by molar-refractivity contribution is 6.12. The van der Waals surface area contributed by atoms with Crippen molar-refractivity contribution in [1.82, 2.24) is 24.8 Å². The number of pyridine rings is 2. The molecule has 2 unspecified atom stereocenters. The summed E-state index contributed by atoms with van der Waals surface area (Å²) in [5, 5.41) is 14.1. The molecule has 34 heavy (non-hydrogen) atoms. The van der Waals surface area contributed by atoms with Gasteiger partial charge < -0.3 is 20.9 Å². The number of amides is 1. The lowest BCUT2D eigenvalue weighted by Crippen LogP contribution is -2.42. The number of nitrogens with zero attached hydrogens (tertiary/aromatic N) is 4. The average molecular weight is 472 g/mol. The summed E-state index contributed by atoms with van der Waals surface area (Å²) < 4.78 is 44.2. The molecule has 1 aliphatic rings. The number of imidazole rings is 1. The van der Waals surface area contributed by atoms with Gasteiger partial charge in [0, 0.05) is 37.0 Å². The second kappa shape index (κ2) is 9.49. The largest absolute Gasteiger partial charge is 0.383 e.